The summed E-state index contributed by atoms with van der Waals surface area (Å²) in [6.07, 6.45) is 0. The van der Waals surface area contributed by atoms with Gasteiger partial charge in [0.2, 0.25) is 0 Å². The molecule has 0 amide bonds. The zero-order valence-corrected chi connectivity index (χ0v) is 8.88. The fraction of sp³-hybridized carbons (Fsp3) is 0.400. The first-order valence-corrected chi connectivity index (χ1v) is 4.59. The standard InChI is InChI=1S/C10H13BF2O2/c1-10(2,3)8-6(11(14)15)4-5-7(12)9(8)13/h4-5,14-15H,1-3H3. The van der Waals surface area contributed by atoms with E-state index in [0.29, 0.717) is 0 Å². The van der Waals surface area contributed by atoms with E-state index in [9.17, 15) is 8.78 Å². The molecule has 0 fully saturated rings. The van der Waals surface area contributed by atoms with Gasteiger partial charge in [0.15, 0.2) is 11.6 Å². The highest BCUT2D eigenvalue weighted by atomic mass is 19.2. The molecule has 0 atom stereocenters. The molecule has 0 radical (unpaired) electrons. The Morgan fingerprint density at radius 1 is 1.13 bits per heavy atom. The topological polar surface area (TPSA) is 40.5 Å². The van der Waals surface area contributed by atoms with Crippen molar-refractivity contribution in [2.45, 2.75) is 26.2 Å². The van der Waals surface area contributed by atoms with Crippen LogP contribution < -0.4 is 5.46 Å². The normalized spacial score (nSPS) is 11.7. The summed E-state index contributed by atoms with van der Waals surface area (Å²) in [4.78, 5) is 0. The van der Waals surface area contributed by atoms with Gasteiger partial charge in [0.25, 0.3) is 0 Å². The molecular weight excluding hydrogens is 201 g/mol. The Morgan fingerprint density at radius 2 is 1.67 bits per heavy atom. The Kier molecular flexibility index (Phi) is 3.16. The van der Waals surface area contributed by atoms with Gasteiger partial charge in [-0.2, -0.15) is 0 Å². The van der Waals surface area contributed by atoms with E-state index in [0.717, 1.165) is 6.07 Å². The lowest BCUT2D eigenvalue weighted by molar-refractivity contribution is 0.419. The SMILES string of the molecule is CC(C)(C)c1c(B(O)O)ccc(F)c1F. The highest BCUT2D eigenvalue weighted by Crippen LogP contribution is 2.25. The highest BCUT2D eigenvalue weighted by Gasteiger charge is 2.29. The summed E-state index contributed by atoms with van der Waals surface area (Å²) < 4.78 is 26.5. The maximum absolute atomic E-state index is 13.5. The van der Waals surface area contributed by atoms with Crippen molar-refractivity contribution in [1.29, 1.82) is 0 Å². The molecule has 0 unspecified atom stereocenters. The zero-order valence-electron chi connectivity index (χ0n) is 8.88. The maximum Gasteiger partial charge on any atom is 0.488 e. The number of hydrogen-bond acceptors (Lipinski definition) is 2. The van der Waals surface area contributed by atoms with Crippen LogP contribution in [-0.4, -0.2) is 17.2 Å². The highest BCUT2D eigenvalue weighted by molar-refractivity contribution is 6.59. The first kappa shape index (κ1) is 12.1. The number of benzene rings is 1. The van der Waals surface area contributed by atoms with Crippen LogP contribution in [0.25, 0.3) is 0 Å². The third-order valence-corrected chi connectivity index (χ3v) is 2.16. The van der Waals surface area contributed by atoms with Crippen molar-refractivity contribution in [2.75, 3.05) is 0 Å². The van der Waals surface area contributed by atoms with E-state index in [1.807, 2.05) is 0 Å². The van der Waals surface area contributed by atoms with Gasteiger partial charge >= 0.3 is 7.12 Å². The summed E-state index contributed by atoms with van der Waals surface area (Å²) in [6, 6.07) is 2.07. The van der Waals surface area contributed by atoms with Crippen molar-refractivity contribution in [3.8, 4) is 0 Å². The molecule has 0 aromatic heterocycles. The quantitative estimate of drug-likeness (QED) is 0.683. The molecule has 15 heavy (non-hydrogen) atoms. The van der Waals surface area contributed by atoms with Gasteiger partial charge in [-0.3, -0.25) is 0 Å². The molecule has 1 aromatic carbocycles. The summed E-state index contributed by atoms with van der Waals surface area (Å²) in [5.41, 5.74) is -0.690. The van der Waals surface area contributed by atoms with E-state index in [1.54, 1.807) is 20.8 Å². The van der Waals surface area contributed by atoms with Crippen molar-refractivity contribution < 1.29 is 18.8 Å². The minimum atomic E-state index is -1.80. The Morgan fingerprint density at radius 3 is 2.07 bits per heavy atom. The largest absolute Gasteiger partial charge is 0.488 e. The predicted molar refractivity (Wildman–Crippen MR) is 54.9 cm³/mol. The fourth-order valence-corrected chi connectivity index (χ4v) is 1.54. The second-order valence-corrected chi connectivity index (χ2v) is 4.45. The zero-order chi connectivity index (χ0) is 11.8. The van der Waals surface area contributed by atoms with Gasteiger partial charge in [0.05, 0.1) is 0 Å². The van der Waals surface area contributed by atoms with Gasteiger partial charge in [-0.05, 0) is 22.5 Å². The molecule has 0 aliphatic rings. The molecule has 82 valence electrons. The number of halogens is 2. The average Bonchev–Trinajstić information content (AvgIpc) is 2.06. The Hall–Kier alpha value is -0.935. The van der Waals surface area contributed by atoms with Gasteiger partial charge < -0.3 is 10.0 Å². The van der Waals surface area contributed by atoms with E-state index < -0.39 is 24.2 Å². The monoisotopic (exact) mass is 214 g/mol. The Bertz CT molecular complexity index is 372. The molecule has 0 saturated carbocycles. The molecule has 2 nitrogen and oxygen atoms in total. The first-order valence-electron chi connectivity index (χ1n) is 4.59. The van der Waals surface area contributed by atoms with E-state index >= 15 is 0 Å². The van der Waals surface area contributed by atoms with Crippen LogP contribution >= 0.6 is 0 Å². The van der Waals surface area contributed by atoms with Crippen LogP contribution in [0.15, 0.2) is 12.1 Å². The molecule has 1 aromatic rings. The molecule has 0 aliphatic carbocycles. The van der Waals surface area contributed by atoms with Crippen LogP contribution in [0.5, 0.6) is 0 Å². The second-order valence-electron chi connectivity index (χ2n) is 4.45. The third kappa shape index (κ3) is 2.35. The van der Waals surface area contributed by atoms with Crippen molar-refractivity contribution in [3.63, 3.8) is 0 Å². The van der Waals surface area contributed by atoms with Crippen LogP contribution in [0.3, 0.4) is 0 Å². The molecule has 0 saturated heterocycles. The van der Waals surface area contributed by atoms with Crippen molar-refractivity contribution in [2.24, 2.45) is 0 Å². The minimum absolute atomic E-state index is 0.00130. The van der Waals surface area contributed by atoms with Crippen molar-refractivity contribution in [3.05, 3.63) is 29.3 Å². The maximum atomic E-state index is 13.5. The number of hydrogen-bond donors (Lipinski definition) is 2. The summed E-state index contributed by atoms with van der Waals surface area (Å²) >= 11 is 0. The van der Waals surface area contributed by atoms with E-state index in [1.165, 1.54) is 6.07 Å². The van der Waals surface area contributed by atoms with Crippen LogP contribution in [0.1, 0.15) is 26.3 Å². The van der Waals surface area contributed by atoms with Crippen LogP contribution in [0.2, 0.25) is 0 Å². The van der Waals surface area contributed by atoms with Crippen LogP contribution in [-0.2, 0) is 5.41 Å². The van der Waals surface area contributed by atoms with Crippen LogP contribution in [0, 0.1) is 11.6 Å². The summed E-state index contributed by atoms with van der Waals surface area (Å²) in [7, 11) is -1.80. The van der Waals surface area contributed by atoms with Gasteiger partial charge in [0, 0.05) is 0 Å². The lowest BCUT2D eigenvalue weighted by Crippen LogP contribution is -2.38. The molecule has 0 heterocycles. The summed E-state index contributed by atoms with van der Waals surface area (Å²) in [5, 5.41) is 18.1. The minimum Gasteiger partial charge on any atom is -0.423 e. The molecule has 0 spiro atoms. The summed E-state index contributed by atoms with van der Waals surface area (Å²) in [6.45, 7) is 5.03. The molecule has 1 rings (SSSR count). The van der Waals surface area contributed by atoms with Crippen molar-refractivity contribution in [1.82, 2.24) is 0 Å². The predicted octanol–water partition coefficient (Wildman–Crippen LogP) is 0.942. The first-order chi connectivity index (χ1) is 6.75. The summed E-state index contributed by atoms with van der Waals surface area (Å²) in [5.74, 6) is -2.00. The molecule has 0 bridgehead atoms. The van der Waals surface area contributed by atoms with E-state index in [4.69, 9.17) is 10.0 Å². The lowest BCUT2D eigenvalue weighted by Gasteiger charge is -2.23. The molecule has 5 heteroatoms. The molecule has 0 aliphatic heterocycles. The fourth-order valence-electron chi connectivity index (χ4n) is 1.54. The van der Waals surface area contributed by atoms with Gasteiger partial charge in [0.1, 0.15) is 0 Å². The van der Waals surface area contributed by atoms with Crippen molar-refractivity contribution >= 4 is 12.6 Å². The van der Waals surface area contributed by atoms with E-state index in [2.05, 4.69) is 0 Å². The number of rotatable bonds is 1. The molecule has 2 N–H and O–H groups in total. The third-order valence-electron chi connectivity index (χ3n) is 2.16. The van der Waals surface area contributed by atoms with Gasteiger partial charge in [-0.15, -0.1) is 0 Å². The lowest BCUT2D eigenvalue weighted by atomic mass is 9.70. The van der Waals surface area contributed by atoms with Gasteiger partial charge in [-0.1, -0.05) is 26.8 Å². The average molecular weight is 214 g/mol. The second kappa shape index (κ2) is 3.91. The Balaban J connectivity index is 3.49. The smallest absolute Gasteiger partial charge is 0.423 e. The van der Waals surface area contributed by atoms with Gasteiger partial charge in [-0.25, -0.2) is 8.78 Å². The molecular formula is C10H13BF2O2. The Labute approximate surface area is 87.7 Å². The van der Waals surface area contributed by atoms with Crippen LogP contribution in [0.4, 0.5) is 8.78 Å². The van der Waals surface area contributed by atoms with E-state index in [-0.39, 0.29) is 11.0 Å².